The van der Waals surface area contributed by atoms with Gasteiger partial charge >= 0.3 is 0 Å². The Morgan fingerprint density at radius 1 is 0.947 bits per heavy atom. The van der Waals surface area contributed by atoms with Gasteiger partial charge in [-0.2, -0.15) is 0 Å². The highest BCUT2D eigenvalue weighted by Crippen LogP contribution is 2.34. The molecule has 0 aliphatic carbocycles. The van der Waals surface area contributed by atoms with Gasteiger partial charge in [-0.15, -0.1) is 0 Å². The second kappa shape index (κ2) is 4.67. The average molecular weight is 271 g/mol. The molecule has 0 amide bonds. The largest absolute Gasteiger partial charge is 0.206 e. The first kappa shape index (κ1) is 12.2. The minimum atomic E-state index is -0.246. The van der Waals surface area contributed by atoms with Gasteiger partial charge in [0.1, 0.15) is 5.82 Å². The molecule has 0 nitrogen and oxygen atoms in total. The molecule has 0 aromatic heterocycles. The van der Waals surface area contributed by atoms with Crippen LogP contribution in [0.15, 0.2) is 54.6 Å². The minimum absolute atomic E-state index is 0.246. The molecule has 0 atom stereocenters. The number of fused-ring (bicyclic) bond motifs is 1. The van der Waals surface area contributed by atoms with Crippen molar-refractivity contribution in [2.45, 2.75) is 6.92 Å². The molecule has 3 rings (SSSR count). The maximum Gasteiger partial charge on any atom is 0.131 e. The summed E-state index contributed by atoms with van der Waals surface area (Å²) in [7, 11) is 0. The molecule has 0 spiro atoms. The van der Waals surface area contributed by atoms with Crippen molar-refractivity contribution in [1.29, 1.82) is 0 Å². The molecule has 2 heteroatoms. The lowest BCUT2D eigenvalue weighted by Gasteiger charge is -2.12. The molecular formula is C17H12ClF. The van der Waals surface area contributed by atoms with E-state index < -0.39 is 0 Å². The Morgan fingerprint density at radius 2 is 1.74 bits per heavy atom. The molecule has 0 aliphatic rings. The Morgan fingerprint density at radius 3 is 2.58 bits per heavy atom. The second-order valence-corrected chi connectivity index (χ2v) is 5.04. The van der Waals surface area contributed by atoms with Crippen molar-refractivity contribution >= 4 is 22.4 Å². The Bertz CT molecular complexity index is 762. The van der Waals surface area contributed by atoms with Gasteiger partial charge in [-0.1, -0.05) is 48.0 Å². The maximum absolute atomic E-state index is 14.1. The predicted octanol–water partition coefficient (Wildman–Crippen LogP) is 5.61. The van der Waals surface area contributed by atoms with Gasteiger partial charge in [0, 0.05) is 10.6 Å². The van der Waals surface area contributed by atoms with Gasteiger partial charge in [0.2, 0.25) is 0 Å². The smallest absolute Gasteiger partial charge is 0.131 e. The number of benzene rings is 3. The van der Waals surface area contributed by atoms with Crippen LogP contribution in [-0.4, -0.2) is 0 Å². The van der Waals surface area contributed by atoms with Crippen LogP contribution in [0, 0.1) is 12.7 Å². The summed E-state index contributed by atoms with van der Waals surface area (Å²) in [6, 6.07) is 16.7. The second-order valence-electron chi connectivity index (χ2n) is 4.60. The van der Waals surface area contributed by atoms with Gasteiger partial charge in [0.25, 0.3) is 0 Å². The first-order valence-corrected chi connectivity index (χ1v) is 6.48. The van der Waals surface area contributed by atoms with E-state index >= 15 is 0 Å². The molecule has 94 valence electrons. The summed E-state index contributed by atoms with van der Waals surface area (Å²) >= 11 is 6.00. The van der Waals surface area contributed by atoms with Crippen molar-refractivity contribution in [2.24, 2.45) is 0 Å². The van der Waals surface area contributed by atoms with Crippen LogP contribution >= 0.6 is 11.6 Å². The number of rotatable bonds is 1. The van der Waals surface area contributed by atoms with Crippen molar-refractivity contribution in [3.8, 4) is 11.1 Å². The highest BCUT2D eigenvalue weighted by molar-refractivity contribution is 6.31. The Kier molecular flexibility index (Phi) is 3.00. The first-order chi connectivity index (χ1) is 9.16. The maximum atomic E-state index is 14.1. The van der Waals surface area contributed by atoms with E-state index in [1.165, 1.54) is 6.07 Å². The molecule has 3 aromatic carbocycles. The van der Waals surface area contributed by atoms with E-state index in [4.69, 9.17) is 11.6 Å². The zero-order chi connectivity index (χ0) is 13.4. The number of halogens is 2. The van der Waals surface area contributed by atoms with Crippen LogP contribution in [0.1, 0.15) is 5.56 Å². The van der Waals surface area contributed by atoms with Crippen LogP contribution in [0.3, 0.4) is 0 Å². The Hall–Kier alpha value is -1.86. The first-order valence-electron chi connectivity index (χ1n) is 6.10. The van der Waals surface area contributed by atoms with Crippen LogP contribution in [0.4, 0.5) is 4.39 Å². The lowest BCUT2D eigenvalue weighted by Crippen LogP contribution is -1.90. The summed E-state index contributed by atoms with van der Waals surface area (Å²) in [5, 5.41) is 2.69. The minimum Gasteiger partial charge on any atom is -0.206 e. The highest BCUT2D eigenvalue weighted by Gasteiger charge is 2.12. The lowest BCUT2D eigenvalue weighted by molar-refractivity contribution is 0.631. The molecule has 0 fully saturated rings. The zero-order valence-electron chi connectivity index (χ0n) is 10.5. The SMILES string of the molecule is Cc1ccc2ccccc2c1-c1cc(Cl)ccc1F. The molecule has 0 heterocycles. The van der Waals surface area contributed by atoms with E-state index in [1.54, 1.807) is 12.1 Å². The molecule has 0 aliphatic heterocycles. The van der Waals surface area contributed by atoms with Crippen LogP contribution in [-0.2, 0) is 0 Å². The van der Waals surface area contributed by atoms with Gasteiger partial charge in [-0.3, -0.25) is 0 Å². The fraction of sp³-hybridized carbons (Fsp3) is 0.0588. The van der Waals surface area contributed by atoms with E-state index in [-0.39, 0.29) is 5.82 Å². The molecule has 19 heavy (non-hydrogen) atoms. The standard InChI is InChI=1S/C17H12ClF/c1-11-6-7-12-4-2-3-5-14(12)17(11)15-10-13(18)8-9-16(15)19/h2-10H,1H3. The van der Waals surface area contributed by atoms with Crippen molar-refractivity contribution in [3.05, 3.63) is 71.0 Å². The van der Waals surface area contributed by atoms with E-state index in [9.17, 15) is 4.39 Å². The van der Waals surface area contributed by atoms with Gasteiger partial charge in [-0.05, 0) is 47.0 Å². The zero-order valence-corrected chi connectivity index (χ0v) is 11.2. The van der Waals surface area contributed by atoms with Crippen LogP contribution in [0.5, 0.6) is 0 Å². The Labute approximate surface area is 116 Å². The van der Waals surface area contributed by atoms with Gasteiger partial charge in [0.05, 0.1) is 0 Å². The third-order valence-electron chi connectivity index (χ3n) is 3.34. The summed E-state index contributed by atoms with van der Waals surface area (Å²) in [6.07, 6.45) is 0. The van der Waals surface area contributed by atoms with E-state index in [2.05, 4.69) is 6.07 Å². The molecule has 0 bridgehead atoms. The highest BCUT2D eigenvalue weighted by atomic mass is 35.5. The van der Waals surface area contributed by atoms with E-state index in [1.807, 2.05) is 37.3 Å². The van der Waals surface area contributed by atoms with Crippen molar-refractivity contribution < 1.29 is 4.39 Å². The van der Waals surface area contributed by atoms with Crippen molar-refractivity contribution in [2.75, 3.05) is 0 Å². The van der Waals surface area contributed by atoms with Crippen LogP contribution in [0.25, 0.3) is 21.9 Å². The third-order valence-corrected chi connectivity index (χ3v) is 3.57. The van der Waals surface area contributed by atoms with Crippen molar-refractivity contribution in [1.82, 2.24) is 0 Å². The van der Waals surface area contributed by atoms with Gasteiger partial charge in [-0.25, -0.2) is 4.39 Å². The summed E-state index contributed by atoms with van der Waals surface area (Å²) < 4.78 is 14.1. The van der Waals surface area contributed by atoms with Crippen LogP contribution < -0.4 is 0 Å². The van der Waals surface area contributed by atoms with Gasteiger partial charge in [0.15, 0.2) is 0 Å². The average Bonchev–Trinajstić information content (AvgIpc) is 2.42. The summed E-state index contributed by atoms with van der Waals surface area (Å²) in [4.78, 5) is 0. The molecule has 0 saturated carbocycles. The molecule has 0 saturated heterocycles. The van der Waals surface area contributed by atoms with Crippen LogP contribution in [0.2, 0.25) is 5.02 Å². The quantitative estimate of drug-likeness (QED) is 0.539. The third kappa shape index (κ3) is 2.11. The molecule has 0 N–H and O–H groups in total. The number of hydrogen-bond donors (Lipinski definition) is 0. The lowest BCUT2D eigenvalue weighted by atomic mass is 9.94. The number of aryl methyl sites for hydroxylation is 1. The van der Waals surface area contributed by atoms with Gasteiger partial charge < -0.3 is 0 Å². The molecule has 0 unspecified atom stereocenters. The fourth-order valence-corrected chi connectivity index (χ4v) is 2.60. The molecular weight excluding hydrogens is 259 g/mol. The van der Waals surface area contributed by atoms with E-state index in [0.717, 1.165) is 21.9 Å². The normalized spacial score (nSPS) is 10.9. The molecule has 3 aromatic rings. The monoisotopic (exact) mass is 270 g/mol. The summed E-state index contributed by atoms with van der Waals surface area (Å²) in [5.74, 6) is -0.246. The Balaban J connectivity index is 2.41. The summed E-state index contributed by atoms with van der Waals surface area (Å²) in [5.41, 5.74) is 2.51. The number of hydrogen-bond acceptors (Lipinski definition) is 0. The topological polar surface area (TPSA) is 0 Å². The van der Waals surface area contributed by atoms with Crippen molar-refractivity contribution in [3.63, 3.8) is 0 Å². The van der Waals surface area contributed by atoms with E-state index in [0.29, 0.717) is 10.6 Å². The predicted molar refractivity (Wildman–Crippen MR) is 79.1 cm³/mol. The fourth-order valence-electron chi connectivity index (χ4n) is 2.43. The molecule has 0 radical (unpaired) electrons. The summed E-state index contributed by atoms with van der Waals surface area (Å²) in [6.45, 7) is 1.99.